The maximum atomic E-state index is 5.49. The summed E-state index contributed by atoms with van der Waals surface area (Å²) in [5.74, 6) is 2.78. The second-order valence-electron chi connectivity index (χ2n) is 7.59. The van der Waals surface area contributed by atoms with Crippen molar-refractivity contribution in [2.75, 3.05) is 26.7 Å². The highest BCUT2D eigenvalue weighted by Crippen LogP contribution is 2.22. The van der Waals surface area contributed by atoms with Crippen molar-refractivity contribution in [2.45, 2.75) is 71.9 Å². The molecule has 0 aliphatic carbocycles. The molecule has 6 nitrogen and oxygen atoms in total. The molecule has 0 bridgehead atoms. The van der Waals surface area contributed by atoms with Crippen molar-refractivity contribution in [2.24, 2.45) is 10.9 Å². The zero-order valence-electron chi connectivity index (χ0n) is 17.6. The van der Waals surface area contributed by atoms with E-state index in [-0.39, 0.29) is 24.0 Å². The Kier molecular flexibility index (Phi) is 11.3. The van der Waals surface area contributed by atoms with Gasteiger partial charge in [-0.1, -0.05) is 32.9 Å². The molecular weight excluding hydrogens is 453 g/mol. The third-order valence-electron chi connectivity index (χ3n) is 5.49. The van der Waals surface area contributed by atoms with Crippen molar-refractivity contribution in [3.05, 3.63) is 17.5 Å². The molecule has 1 unspecified atom stereocenters. The average molecular weight is 491 g/mol. The van der Waals surface area contributed by atoms with Crippen LogP contribution < -0.4 is 10.6 Å². The number of nitrogens with zero attached hydrogens (tertiary/aromatic N) is 3. The van der Waals surface area contributed by atoms with Gasteiger partial charge in [0, 0.05) is 31.6 Å². The van der Waals surface area contributed by atoms with Crippen LogP contribution in [-0.4, -0.2) is 48.7 Å². The summed E-state index contributed by atoms with van der Waals surface area (Å²) >= 11 is 0. The van der Waals surface area contributed by atoms with Crippen LogP contribution in [0.2, 0.25) is 0 Å². The lowest BCUT2D eigenvalue weighted by molar-refractivity contribution is 0.192. The molecule has 2 rings (SSSR count). The monoisotopic (exact) mass is 491 g/mol. The fraction of sp³-hybridized carbons (Fsp3) is 0.800. The Morgan fingerprint density at radius 2 is 1.89 bits per heavy atom. The van der Waals surface area contributed by atoms with Crippen LogP contribution in [0.25, 0.3) is 0 Å². The van der Waals surface area contributed by atoms with E-state index in [1.165, 1.54) is 25.9 Å². The highest BCUT2D eigenvalue weighted by molar-refractivity contribution is 14.0. The summed E-state index contributed by atoms with van der Waals surface area (Å²) in [5, 5.41) is 11.1. The molecule has 1 atom stereocenters. The second kappa shape index (κ2) is 12.6. The number of rotatable bonds is 9. The standard InChI is InChI=1S/C20H37N5O.HI/c1-6-16(7-2)18-12-17(26-24-18)13-22-20(21-5)23-14-19(15(3)4)25-10-8-9-11-25;/h12,15-16,19H,6-11,13-14H2,1-5H3,(H2,21,22,23);1H. The van der Waals surface area contributed by atoms with Gasteiger partial charge in [0.05, 0.1) is 12.2 Å². The molecule has 0 aromatic carbocycles. The van der Waals surface area contributed by atoms with Crippen LogP contribution in [-0.2, 0) is 6.54 Å². The Morgan fingerprint density at radius 1 is 1.22 bits per heavy atom. The van der Waals surface area contributed by atoms with Gasteiger partial charge in [-0.05, 0) is 44.7 Å². The maximum Gasteiger partial charge on any atom is 0.191 e. The van der Waals surface area contributed by atoms with Gasteiger partial charge in [-0.2, -0.15) is 0 Å². The number of guanidine groups is 1. The second-order valence-corrected chi connectivity index (χ2v) is 7.59. The first-order valence-electron chi connectivity index (χ1n) is 10.2. The maximum absolute atomic E-state index is 5.49. The van der Waals surface area contributed by atoms with Gasteiger partial charge in [-0.25, -0.2) is 0 Å². The highest BCUT2D eigenvalue weighted by Gasteiger charge is 2.24. The average Bonchev–Trinajstić information content (AvgIpc) is 3.31. The van der Waals surface area contributed by atoms with E-state index < -0.39 is 0 Å². The number of aromatic nitrogens is 1. The molecule has 1 aliphatic rings. The minimum atomic E-state index is 0. The van der Waals surface area contributed by atoms with Crippen molar-refractivity contribution in [3.63, 3.8) is 0 Å². The van der Waals surface area contributed by atoms with Gasteiger partial charge in [-0.3, -0.25) is 9.89 Å². The van der Waals surface area contributed by atoms with Crippen molar-refractivity contribution in [3.8, 4) is 0 Å². The number of likely N-dealkylation sites (tertiary alicyclic amines) is 1. The SMILES string of the molecule is CCC(CC)c1cc(CNC(=NC)NCC(C(C)C)N2CCCC2)on1.I. The molecule has 1 fully saturated rings. The van der Waals surface area contributed by atoms with Gasteiger partial charge in [0.15, 0.2) is 11.7 Å². The van der Waals surface area contributed by atoms with Gasteiger partial charge >= 0.3 is 0 Å². The number of halogens is 1. The fourth-order valence-electron chi connectivity index (χ4n) is 3.76. The van der Waals surface area contributed by atoms with Crippen molar-refractivity contribution in [1.82, 2.24) is 20.7 Å². The third kappa shape index (κ3) is 7.25. The van der Waals surface area contributed by atoms with E-state index in [0.29, 0.717) is 24.4 Å². The van der Waals surface area contributed by atoms with Crippen molar-refractivity contribution in [1.29, 1.82) is 0 Å². The zero-order valence-corrected chi connectivity index (χ0v) is 20.0. The van der Waals surface area contributed by atoms with Crippen LogP contribution in [0.3, 0.4) is 0 Å². The summed E-state index contributed by atoms with van der Waals surface area (Å²) in [4.78, 5) is 6.95. The van der Waals surface area contributed by atoms with E-state index in [1.807, 2.05) is 7.05 Å². The Bertz CT molecular complexity index is 550. The summed E-state index contributed by atoms with van der Waals surface area (Å²) in [6.45, 7) is 12.9. The minimum Gasteiger partial charge on any atom is -0.359 e. The summed E-state index contributed by atoms with van der Waals surface area (Å²) in [5.41, 5.74) is 1.06. The topological polar surface area (TPSA) is 65.7 Å². The molecule has 1 saturated heterocycles. The first-order chi connectivity index (χ1) is 12.6. The normalized spacial score (nSPS) is 16.6. The van der Waals surface area contributed by atoms with Crippen LogP contribution in [0.15, 0.2) is 15.6 Å². The van der Waals surface area contributed by atoms with E-state index in [1.54, 1.807) is 0 Å². The smallest absolute Gasteiger partial charge is 0.191 e. The molecule has 2 heterocycles. The van der Waals surface area contributed by atoms with E-state index in [2.05, 4.69) is 59.4 Å². The quantitative estimate of drug-likeness (QED) is 0.311. The van der Waals surface area contributed by atoms with Crippen LogP contribution >= 0.6 is 24.0 Å². The Hall–Kier alpha value is -0.830. The zero-order chi connectivity index (χ0) is 18.9. The van der Waals surface area contributed by atoms with E-state index in [0.717, 1.165) is 36.8 Å². The number of hydrogen-bond donors (Lipinski definition) is 2. The summed E-state index contributed by atoms with van der Waals surface area (Å²) in [6, 6.07) is 2.61. The van der Waals surface area contributed by atoms with Crippen LogP contribution in [0, 0.1) is 5.92 Å². The molecular formula is C20H38IN5O. The Labute approximate surface area is 181 Å². The van der Waals surface area contributed by atoms with E-state index >= 15 is 0 Å². The van der Waals surface area contributed by atoms with Gasteiger partial charge in [0.2, 0.25) is 0 Å². The first-order valence-corrected chi connectivity index (χ1v) is 10.2. The molecule has 0 spiro atoms. The van der Waals surface area contributed by atoms with Crippen LogP contribution in [0.5, 0.6) is 0 Å². The molecule has 0 amide bonds. The molecule has 7 heteroatoms. The molecule has 1 aromatic rings. The summed E-state index contributed by atoms with van der Waals surface area (Å²) in [6.07, 6.45) is 4.82. The lowest BCUT2D eigenvalue weighted by Crippen LogP contribution is -2.48. The van der Waals surface area contributed by atoms with Gasteiger partial charge in [-0.15, -0.1) is 24.0 Å². The first kappa shape index (κ1) is 24.2. The van der Waals surface area contributed by atoms with Crippen LogP contribution in [0.4, 0.5) is 0 Å². The largest absolute Gasteiger partial charge is 0.359 e. The fourth-order valence-corrected chi connectivity index (χ4v) is 3.76. The van der Waals surface area contributed by atoms with Gasteiger partial charge in [0.25, 0.3) is 0 Å². The molecule has 1 aromatic heterocycles. The number of nitrogens with one attached hydrogen (secondary N) is 2. The minimum absolute atomic E-state index is 0. The van der Waals surface area contributed by atoms with Gasteiger partial charge < -0.3 is 15.2 Å². The number of hydrogen-bond acceptors (Lipinski definition) is 4. The van der Waals surface area contributed by atoms with Crippen LogP contribution in [0.1, 0.15) is 70.8 Å². The lowest BCUT2D eigenvalue weighted by Gasteiger charge is -2.31. The molecule has 0 saturated carbocycles. The molecule has 2 N–H and O–H groups in total. The predicted molar refractivity (Wildman–Crippen MR) is 123 cm³/mol. The molecule has 1 aliphatic heterocycles. The van der Waals surface area contributed by atoms with E-state index in [4.69, 9.17) is 4.52 Å². The Balaban J connectivity index is 0.00000364. The summed E-state index contributed by atoms with van der Waals surface area (Å²) < 4.78 is 5.49. The third-order valence-corrected chi connectivity index (χ3v) is 5.49. The van der Waals surface area contributed by atoms with Crippen molar-refractivity contribution >= 4 is 29.9 Å². The summed E-state index contributed by atoms with van der Waals surface area (Å²) in [7, 11) is 1.81. The molecule has 27 heavy (non-hydrogen) atoms. The highest BCUT2D eigenvalue weighted by atomic mass is 127. The van der Waals surface area contributed by atoms with Crippen molar-refractivity contribution < 1.29 is 4.52 Å². The van der Waals surface area contributed by atoms with Gasteiger partial charge in [0.1, 0.15) is 0 Å². The number of aliphatic imine (C=N–C) groups is 1. The predicted octanol–water partition coefficient (Wildman–Crippen LogP) is 3.98. The molecule has 0 radical (unpaired) electrons. The van der Waals surface area contributed by atoms with E-state index in [9.17, 15) is 0 Å². The molecule has 156 valence electrons. The Morgan fingerprint density at radius 3 is 2.44 bits per heavy atom. The lowest BCUT2D eigenvalue weighted by atomic mass is 9.99.